The van der Waals surface area contributed by atoms with Crippen molar-refractivity contribution in [3.05, 3.63) is 82.3 Å². The Morgan fingerprint density at radius 3 is 2.54 bits per heavy atom. The van der Waals surface area contributed by atoms with Crippen LogP contribution >= 0.6 is 0 Å². The second-order valence-corrected chi connectivity index (χ2v) is 6.52. The number of pyridine rings is 1. The smallest absolute Gasteiger partial charge is 0.258 e. The van der Waals surface area contributed by atoms with Gasteiger partial charge < -0.3 is 15.4 Å². The van der Waals surface area contributed by atoms with Crippen LogP contribution in [0.25, 0.3) is 16.6 Å². The molecule has 26 heavy (non-hydrogen) atoms. The molecule has 0 spiro atoms. The Bertz CT molecular complexity index is 1030. The van der Waals surface area contributed by atoms with Crippen LogP contribution in [0.4, 0.5) is 5.69 Å². The third-order valence-corrected chi connectivity index (χ3v) is 4.12. The summed E-state index contributed by atoms with van der Waals surface area (Å²) >= 11 is 0. The Morgan fingerprint density at radius 1 is 1.19 bits per heavy atom. The quantitative estimate of drug-likeness (QED) is 0.520. The van der Waals surface area contributed by atoms with Gasteiger partial charge in [-0.25, -0.2) is 5.53 Å². The predicted molar refractivity (Wildman–Crippen MR) is 103 cm³/mol. The van der Waals surface area contributed by atoms with Gasteiger partial charge in [-0.05, 0) is 49.1 Å². The number of benzene rings is 2. The van der Waals surface area contributed by atoms with Crippen molar-refractivity contribution in [3.8, 4) is 0 Å². The number of anilines is 1. The van der Waals surface area contributed by atoms with E-state index in [0.29, 0.717) is 5.56 Å². The van der Waals surface area contributed by atoms with Crippen LogP contribution in [0.15, 0.2) is 70.7 Å². The molecule has 132 valence electrons. The lowest BCUT2D eigenvalue weighted by atomic mass is 9.98. The van der Waals surface area contributed by atoms with Crippen LogP contribution in [-0.2, 0) is 5.60 Å². The van der Waals surface area contributed by atoms with Crippen molar-refractivity contribution in [2.75, 3.05) is 5.32 Å². The number of aliphatic hydroxyl groups is 1. The van der Waals surface area contributed by atoms with Gasteiger partial charge in [0.05, 0.1) is 11.2 Å². The zero-order valence-electron chi connectivity index (χ0n) is 14.6. The number of hydrogen-bond donors (Lipinski definition) is 4. The first-order valence-electron chi connectivity index (χ1n) is 8.18. The van der Waals surface area contributed by atoms with Crippen molar-refractivity contribution < 1.29 is 5.11 Å². The summed E-state index contributed by atoms with van der Waals surface area (Å²) in [6.07, 6.45) is 1.52. The molecule has 0 atom stereocenters. The van der Waals surface area contributed by atoms with E-state index in [1.165, 1.54) is 6.20 Å². The molecule has 6 nitrogen and oxygen atoms in total. The van der Waals surface area contributed by atoms with E-state index in [4.69, 9.17) is 5.53 Å². The summed E-state index contributed by atoms with van der Waals surface area (Å²) in [7, 11) is 0. The van der Waals surface area contributed by atoms with E-state index in [-0.39, 0.29) is 11.3 Å². The summed E-state index contributed by atoms with van der Waals surface area (Å²) in [5.74, 6) is 0. The Balaban J connectivity index is 1.90. The van der Waals surface area contributed by atoms with Gasteiger partial charge in [-0.1, -0.05) is 30.3 Å². The summed E-state index contributed by atoms with van der Waals surface area (Å²) in [4.78, 5) is 15.1. The SMILES string of the molecule is CC(C)(O)c1ccc(N/C=C(\N=N)c2cc3ccccc3[nH]c2=O)cc1. The zero-order valence-corrected chi connectivity index (χ0v) is 14.6. The summed E-state index contributed by atoms with van der Waals surface area (Å²) < 4.78 is 0. The maximum atomic E-state index is 12.3. The second-order valence-electron chi connectivity index (χ2n) is 6.52. The van der Waals surface area contributed by atoms with Crippen molar-refractivity contribution in [2.24, 2.45) is 5.11 Å². The third-order valence-electron chi connectivity index (χ3n) is 4.12. The molecule has 0 fully saturated rings. The summed E-state index contributed by atoms with van der Waals surface area (Å²) in [6.45, 7) is 3.44. The van der Waals surface area contributed by atoms with E-state index < -0.39 is 5.60 Å². The highest BCUT2D eigenvalue weighted by molar-refractivity contribution is 5.82. The standard InChI is InChI=1S/C20H20N4O2/c1-20(2,26)14-7-9-15(10-8-14)22-12-18(24-21)16-11-13-5-3-4-6-17(13)23-19(16)25/h3-12,21-22,26H,1-2H3,(H,23,25)/b18-12-,24-21?. The summed E-state index contributed by atoms with van der Waals surface area (Å²) in [5.41, 5.74) is 9.04. The number of rotatable bonds is 5. The Kier molecular flexibility index (Phi) is 4.69. The fourth-order valence-corrected chi connectivity index (χ4v) is 2.63. The van der Waals surface area contributed by atoms with Crippen molar-refractivity contribution in [3.63, 3.8) is 0 Å². The van der Waals surface area contributed by atoms with Crippen LogP contribution in [0.1, 0.15) is 25.0 Å². The highest BCUT2D eigenvalue weighted by atomic mass is 16.3. The van der Waals surface area contributed by atoms with E-state index in [2.05, 4.69) is 15.4 Å². The summed E-state index contributed by atoms with van der Waals surface area (Å²) in [5, 5.41) is 17.4. The van der Waals surface area contributed by atoms with Crippen molar-refractivity contribution >= 4 is 22.3 Å². The minimum Gasteiger partial charge on any atom is -0.386 e. The average molecular weight is 348 g/mol. The van der Waals surface area contributed by atoms with Gasteiger partial charge in [-0.2, -0.15) is 5.11 Å². The Morgan fingerprint density at radius 2 is 1.88 bits per heavy atom. The van der Waals surface area contributed by atoms with Gasteiger partial charge in [0.25, 0.3) is 5.56 Å². The minimum absolute atomic E-state index is 0.226. The van der Waals surface area contributed by atoms with Crippen molar-refractivity contribution in [1.82, 2.24) is 4.98 Å². The fourth-order valence-electron chi connectivity index (χ4n) is 2.63. The third kappa shape index (κ3) is 3.70. The number of hydrogen-bond acceptors (Lipinski definition) is 5. The first-order chi connectivity index (χ1) is 12.4. The fraction of sp³-hybridized carbons (Fsp3) is 0.150. The minimum atomic E-state index is -0.908. The number of nitrogens with one attached hydrogen (secondary N) is 3. The molecule has 0 aliphatic heterocycles. The molecule has 0 radical (unpaired) electrons. The van der Waals surface area contributed by atoms with Crippen molar-refractivity contribution in [1.29, 1.82) is 5.53 Å². The van der Waals surface area contributed by atoms with Crippen LogP contribution in [0, 0.1) is 5.53 Å². The highest BCUT2D eigenvalue weighted by Crippen LogP contribution is 2.22. The number of aromatic nitrogens is 1. The maximum absolute atomic E-state index is 12.3. The summed E-state index contributed by atoms with van der Waals surface area (Å²) in [6, 6.07) is 16.4. The van der Waals surface area contributed by atoms with Crippen molar-refractivity contribution in [2.45, 2.75) is 19.4 Å². The number of para-hydroxylation sites is 1. The average Bonchev–Trinajstić information content (AvgIpc) is 2.62. The van der Waals surface area contributed by atoms with Gasteiger partial charge in [0.15, 0.2) is 0 Å². The predicted octanol–water partition coefficient (Wildman–Crippen LogP) is 4.20. The first kappa shape index (κ1) is 17.6. The molecule has 3 rings (SSSR count). The van der Waals surface area contributed by atoms with E-state index in [1.54, 1.807) is 19.9 Å². The molecule has 6 heteroatoms. The molecular weight excluding hydrogens is 328 g/mol. The van der Waals surface area contributed by atoms with Gasteiger partial charge in [-0.15, -0.1) is 0 Å². The van der Waals surface area contributed by atoms with Gasteiger partial charge in [0, 0.05) is 17.4 Å². The first-order valence-corrected chi connectivity index (χ1v) is 8.18. The molecule has 0 bridgehead atoms. The van der Waals surface area contributed by atoms with Gasteiger partial charge >= 0.3 is 0 Å². The Labute approximate surface area is 150 Å². The lowest BCUT2D eigenvalue weighted by molar-refractivity contribution is 0.0786. The molecule has 0 aliphatic rings. The number of H-pyrrole nitrogens is 1. The van der Waals surface area contributed by atoms with E-state index in [9.17, 15) is 9.90 Å². The van der Waals surface area contributed by atoms with Gasteiger partial charge in [-0.3, -0.25) is 4.79 Å². The molecule has 1 aromatic heterocycles. The second kappa shape index (κ2) is 6.93. The molecular formula is C20H20N4O2. The zero-order chi connectivity index (χ0) is 18.7. The Hall–Kier alpha value is -3.25. The van der Waals surface area contributed by atoms with Crippen LogP contribution in [-0.4, -0.2) is 10.1 Å². The molecule has 0 saturated heterocycles. The monoisotopic (exact) mass is 348 g/mol. The molecule has 2 aromatic carbocycles. The van der Waals surface area contributed by atoms with Crippen LogP contribution in [0.3, 0.4) is 0 Å². The van der Waals surface area contributed by atoms with E-state index in [0.717, 1.165) is 22.2 Å². The molecule has 3 aromatic rings. The molecule has 0 saturated carbocycles. The lowest BCUT2D eigenvalue weighted by Gasteiger charge is -2.17. The topological polar surface area (TPSA) is 101 Å². The number of aromatic amines is 1. The molecule has 0 amide bonds. The lowest BCUT2D eigenvalue weighted by Crippen LogP contribution is -2.15. The van der Waals surface area contributed by atoms with E-state index >= 15 is 0 Å². The molecule has 1 heterocycles. The number of nitrogens with zero attached hydrogens (tertiary/aromatic N) is 1. The highest BCUT2D eigenvalue weighted by Gasteiger charge is 2.15. The maximum Gasteiger partial charge on any atom is 0.258 e. The van der Waals surface area contributed by atoms with Crippen LogP contribution in [0.5, 0.6) is 0 Å². The normalized spacial score (nSPS) is 12.2. The van der Waals surface area contributed by atoms with E-state index in [1.807, 2.05) is 48.5 Å². The largest absolute Gasteiger partial charge is 0.386 e. The molecule has 0 aliphatic carbocycles. The number of fused-ring (bicyclic) bond motifs is 1. The van der Waals surface area contributed by atoms with Crippen LogP contribution in [0.2, 0.25) is 0 Å². The van der Waals surface area contributed by atoms with Gasteiger partial charge in [0.2, 0.25) is 0 Å². The molecule has 0 unspecified atom stereocenters. The van der Waals surface area contributed by atoms with Gasteiger partial charge in [0.1, 0.15) is 5.70 Å². The van der Waals surface area contributed by atoms with Crippen LogP contribution < -0.4 is 10.9 Å². The molecule has 4 N–H and O–H groups in total.